The molecule has 2 amide bonds. The number of carbonyl (C=O) groups excluding carboxylic acids is 1. The van der Waals surface area contributed by atoms with E-state index in [9.17, 15) is 4.79 Å². The second-order valence-corrected chi connectivity index (χ2v) is 2.90. The second kappa shape index (κ2) is 4.79. The Kier molecular flexibility index (Phi) is 3.67. The third-order valence-corrected chi connectivity index (χ3v) is 1.46. The number of nitrogens with zero attached hydrogens (tertiary/aromatic N) is 1. The minimum absolute atomic E-state index is 0.336. The van der Waals surface area contributed by atoms with Crippen molar-refractivity contribution in [3.63, 3.8) is 0 Å². The number of hydroxylamine groups is 1. The lowest BCUT2D eigenvalue weighted by Gasteiger charge is -2.07. The summed E-state index contributed by atoms with van der Waals surface area (Å²) in [5, 5.41) is 0. The van der Waals surface area contributed by atoms with Gasteiger partial charge >= 0.3 is 6.03 Å². The van der Waals surface area contributed by atoms with Crippen molar-refractivity contribution in [3.8, 4) is 5.75 Å². The molecule has 0 saturated heterocycles. The molecule has 1 rings (SSSR count). The molecule has 0 aliphatic carbocycles. The number of rotatable bonds is 2. The van der Waals surface area contributed by atoms with Gasteiger partial charge in [-0.3, -0.25) is 0 Å². The van der Waals surface area contributed by atoms with Gasteiger partial charge in [-0.05, 0) is 12.1 Å². The number of urea groups is 1. The van der Waals surface area contributed by atoms with Gasteiger partial charge in [0.25, 0.3) is 0 Å². The number of benzene rings is 1. The molecule has 1 aromatic rings. The van der Waals surface area contributed by atoms with E-state index < -0.39 is 6.03 Å². The van der Waals surface area contributed by atoms with E-state index in [1.165, 1.54) is 0 Å². The van der Waals surface area contributed by atoms with E-state index >= 15 is 0 Å². The number of carbonyl (C=O) groups is 1. The first-order chi connectivity index (χ1) is 6.20. The maximum atomic E-state index is 10.7. The summed E-state index contributed by atoms with van der Waals surface area (Å²) >= 11 is 10.2. The summed E-state index contributed by atoms with van der Waals surface area (Å²) < 4.78 is 0.336. The summed E-state index contributed by atoms with van der Waals surface area (Å²) in [4.78, 5) is 15.6. The predicted octanol–water partition coefficient (Wildman–Crippen LogP) is 2.30. The van der Waals surface area contributed by atoms with Crippen LogP contribution in [0.3, 0.4) is 0 Å². The number of nitrogens with one attached hydrogen (secondary N) is 1. The van der Waals surface area contributed by atoms with Crippen LogP contribution >= 0.6 is 23.6 Å². The normalized spacial score (nSPS) is 9.08. The average molecular weight is 221 g/mol. The molecule has 0 unspecified atom stereocenters. The molecule has 0 aromatic heterocycles. The van der Waals surface area contributed by atoms with Crippen LogP contribution in [0.5, 0.6) is 5.75 Å². The van der Waals surface area contributed by atoms with Crippen LogP contribution in [0, 0.1) is 0 Å². The fourth-order valence-corrected chi connectivity index (χ4v) is 0.695. The predicted molar refractivity (Wildman–Crippen MR) is 49.1 cm³/mol. The molecule has 0 saturated carbocycles. The summed E-state index contributed by atoms with van der Waals surface area (Å²) in [5.74, 6) is 0.492. The molecule has 0 aliphatic rings. The zero-order valence-electron chi connectivity index (χ0n) is 6.41. The average Bonchev–Trinajstić information content (AvgIpc) is 2.15. The fraction of sp³-hybridized carbons (Fsp3) is 0. The number of hydrogen-bond donors (Lipinski definition) is 1. The molecule has 0 fully saturated rings. The standard InChI is InChI=1S/C7H6Cl2N2O2/c8-11(9)7(12)10-13-6-4-2-1-3-5-6/h1-5H,(H,10,12). The van der Waals surface area contributed by atoms with Gasteiger partial charge < -0.3 is 4.84 Å². The quantitative estimate of drug-likeness (QED) is 0.614. The zero-order chi connectivity index (χ0) is 9.68. The molecular formula is C7H6Cl2N2O2. The van der Waals surface area contributed by atoms with Gasteiger partial charge in [0.15, 0.2) is 5.75 Å². The lowest BCUT2D eigenvalue weighted by molar-refractivity contribution is 0.173. The molecule has 4 nitrogen and oxygen atoms in total. The van der Waals surface area contributed by atoms with Gasteiger partial charge in [0, 0.05) is 23.6 Å². The molecule has 0 spiro atoms. The van der Waals surface area contributed by atoms with Crippen molar-refractivity contribution in [3.05, 3.63) is 30.3 Å². The summed E-state index contributed by atoms with van der Waals surface area (Å²) in [6, 6.07) is 7.94. The van der Waals surface area contributed by atoms with Crippen LogP contribution in [0.25, 0.3) is 0 Å². The van der Waals surface area contributed by atoms with Gasteiger partial charge in [-0.15, -0.1) is 3.94 Å². The van der Waals surface area contributed by atoms with Crippen LogP contribution < -0.4 is 10.3 Å². The monoisotopic (exact) mass is 220 g/mol. The molecule has 1 N–H and O–H groups in total. The van der Waals surface area contributed by atoms with E-state index in [2.05, 4.69) is 0 Å². The Morgan fingerprint density at radius 1 is 1.31 bits per heavy atom. The maximum absolute atomic E-state index is 10.7. The Morgan fingerprint density at radius 2 is 1.92 bits per heavy atom. The van der Waals surface area contributed by atoms with E-state index in [0.29, 0.717) is 9.69 Å². The fourth-order valence-electron chi connectivity index (χ4n) is 0.626. The number of hydrogen-bond acceptors (Lipinski definition) is 2. The molecule has 70 valence electrons. The summed E-state index contributed by atoms with van der Waals surface area (Å²) in [6.07, 6.45) is 0. The van der Waals surface area contributed by atoms with E-state index in [1.807, 2.05) is 11.5 Å². The van der Waals surface area contributed by atoms with Crippen LogP contribution in [0.15, 0.2) is 30.3 Å². The molecule has 6 heteroatoms. The van der Waals surface area contributed by atoms with E-state index in [-0.39, 0.29) is 0 Å². The zero-order valence-corrected chi connectivity index (χ0v) is 7.92. The summed E-state index contributed by atoms with van der Waals surface area (Å²) in [7, 11) is 0. The molecular weight excluding hydrogens is 215 g/mol. The highest BCUT2D eigenvalue weighted by Crippen LogP contribution is 2.07. The smallest absolute Gasteiger partial charge is 0.378 e. The van der Waals surface area contributed by atoms with Gasteiger partial charge in [-0.2, -0.15) is 5.48 Å². The lowest BCUT2D eigenvalue weighted by atomic mass is 10.3. The Labute approximate surface area is 85.2 Å². The van der Waals surface area contributed by atoms with Crippen molar-refractivity contribution in [2.45, 2.75) is 0 Å². The van der Waals surface area contributed by atoms with Gasteiger partial charge in [0.1, 0.15) is 0 Å². The summed E-state index contributed by atoms with van der Waals surface area (Å²) in [6.45, 7) is 0. The Morgan fingerprint density at radius 3 is 2.46 bits per heavy atom. The maximum Gasteiger partial charge on any atom is 0.380 e. The number of amides is 2. The molecule has 0 radical (unpaired) electrons. The minimum atomic E-state index is -0.757. The van der Waals surface area contributed by atoms with Crippen molar-refractivity contribution in [2.75, 3.05) is 0 Å². The highest BCUT2D eigenvalue weighted by molar-refractivity contribution is 6.41. The Balaban J connectivity index is 2.40. The van der Waals surface area contributed by atoms with Gasteiger partial charge in [-0.25, -0.2) is 4.79 Å². The van der Waals surface area contributed by atoms with Crippen LogP contribution in [0.2, 0.25) is 0 Å². The number of para-hydroxylation sites is 1. The van der Waals surface area contributed by atoms with E-state index in [1.54, 1.807) is 24.3 Å². The van der Waals surface area contributed by atoms with Gasteiger partial charge in [0.2, 0.25) is 0 Å². The molecule has 13 heavy (non-hydrogen) atoms. The highest BCUT2D eigenvalue weighted by atomic mass is 35.5. The van der Waals surface area contributed by atoms with Crippen molar-refractivity contribution in [1.29, 1.82) is 0 Å². The molecule has 1 aromatic carbocycles. The third-order valence-electron chi connectivity index (χ3n) is 1.15. The van der Waals surface area contributed by atoms with Crippen molar-refractivity contribution < 1.29 is 9.63 Å². The van der Waals surface area contributed by atoms with E-state index in [0.717, 1.165) is 0 Å². The van der Waals surface area contributed by atoms with E-state index in [4.69, 9.17) is 28.4 Å². The third kappa shape index (κ3) is 3.40. The first-order valence-corrected chi connectivity index (χ1v) is 4.01. The van der Waals surface area contributed by atoms with Crippen molar-refractivity contribution >= 4 is 29.6 Å². The largest absolute Gasteiger partial charge is 0.380 e. The second-order valence-electron chi connectivity index (χ2n) is 2.06. The first kappa shape index (κ1) is 9.95. The van der Waals surface area contributed by atoms with Crippen LogP contribution in [-0.2, 0) is 0 Å². The molecule has 0 bridgehead atoms. The topological polar surface area (TPSA) is 41.6 Å². The molecule has 0 atom stereocenters. The van der Waals surface area contributed by atoms with Crippen LogP contribution in [0.1, 0.15) is 0 Å². The van der Waals surface area contributed by atoms with Gasteiger partial charge in [-0.1, -0.05) is 18.2 Å². The van der Waals surface area contributed by atoms with Crippen LogP contribution in [0.4, 0.5) is 4.79 Å². The molecule has 0 heterocycles. The highest BCUT2D eigenvalue weighted by Gasteiger charge is 2.07. The summed E-state index contributed by atoms with van der Waals surface area (Å²) in [5.41, 5.74) is 2.02. The Hall–Kier alpha value is -1.13. The first-order valence-electron chi connectivity index (χ1n) is 3.33. The SMILES string of the molecule is O=C(NOc1ccccc1)N(Cl)Cl. The van der Waals surface area contributed by atoms with Crippen molar-refractivity contribution in [1.82, 2.24) is 9.42 Å². The van der Waals surface area contributed by atoms with Crippen molar-refractivity contribution in [2.24, 2.45) is 0 Å². The minimum Gasteiger partial charge on any atom is -0.378 e. The molecule has 0 aliphatic heterocycles. The lowest BCUT2D eigenvalue weighted by Crippen LogP contribution is -2.31. The van der Waals surface area contributed by atoms with Crippen LogP contribution in [-0.4, -0.2) is 9.97 Å². The number of halogens is 2. The van der Waals surface area contributed by atoms with Gasteiger partial charge in [0.05, 0.1) is 0 Å². The Bertz CT molecular complexity index is 279.